The number of aromatic nitrogens is 2. The van der Waals surface area contributed by atoms with Crippen molar-refractivity contribution < 1.29 is 4.79 Å². The lowest BCUT2D eigenvalue weighted by molar-refractivity contribution is -0.120. The highest BCUT2D eigenvalue weighted by Crippen LogP contribution is 2.23. The number of hydrogen-bond acceptors (Lipinski definition) is 3. The second-order valence-electron chi connectivity index (χ2n) is 7.81. The molecule has 0 unspecified atom stereocenters. The van der Waals surface area contributed by atoms with Gasteiger partial charge < -0.3 is 5.32 Å². The molecule has 0 atom stereocenters. The Balaban J connectivity index is 1.43. The summed E-state index contributed by atoms with van der Waals surface area (Å²) in [5.41, 5.74) is 5.06. The Kier molecular flexibility index (Phi) is 6.67. The first-order valence-electron chi connectivity index (χ1n) is 10.0. The topological polar surface area (TPSA) is 50.2 Å². The molecule has 1 fully saturated rings. The zero-order valence-electron chi connectivity index (χ0n) is 16.9. The third-order valence-electron chi connectivity index (χ3n) is 5.66. The fraction of sp³-hybridized carbons (Fsp3) is 0.545. The molecule has 1 aromatic carbocycles. The fourth-order valence-electron chi connectivity index (χ4n) is 3.95. The van der Waals surface area contributed by atoms with Gasteiger partial charge in [0.1, 0.15) is 0 Å². The number of piperidine rings is 1. The highest BCUT2D eigenvalue weighted by atomic mass is 16.1. The van der Waals surface area contributed by atoms with Crippen molar-refractivity contribution in [1.29, 1.82) is 0 Å². The first kappa shape index (κ1) is 19.6. The molecule has 1 saturated heterocycles. The predicted molar refractivity (Wildman–Crippen MR) is 108 cm³/mol. The summed E-state index contributed by atoms with van der Waals surface area (Å²) >= 11 is 0. The Morgan fingerprint density at radius 1 is 1.19 bits per heavy atom. The molecule has 1 amide bonds. The number of nitrogens with one attached hydrogen (secondary N) is 1. The molecule has 0 radical (unpaired) electrons. The molecule has 27 heavy (non-hydrogen) atoms. The van der Waals surface area contributed by atoms with Crippen molar-refractivity contribution in [3.05, 3.63) is 52.8 Å². The summed E-state index contributed by atoms with van der Waals surface area (Å²) in [6.07, 6.45) is 5.05. The standard InChI is InChI=1S/C22H32N4O/c1-17-14-21(25(3)24-17)16-26-12-10-20(11-13-26)15-19-6-4-18(5-7-19)8-9-22(27)23-2/h4-7,14,20H,8-13,15-16H2,1-3H3,(H,23,27). The summed E-state index contributed by atoms with van der Waals surface area (Å²) < 4.78 is 2.01. The van der Waals surface area contributed by atoms with Crippen molar-refractivity contribution in [2.75, 3.05) is 20.1 Å². The number of carbonyl (C=O) groups excluding carboxylic acids is 1. The average Bonchev–Trinajstić information content (AvgIpc) is 2.99. The molecule has 1 aromatic heterocycles. The van der Waals surface area contributed by atoms with Gasteiger partial charge in [-0.25, -0.2) is 0 Å². The van der Waals surface area contributed by atoms with Crippen LogP contribution in [0, 0.1) is 12.8 Å². The van der Waals surface area contributed by atoms with Crippen molar-refractivity contribution in [2.24, 2.45) is 13.0 Å². The molecule has 0 spiro atoms. The Morgan fingerprint density at radius 2 is 1.85 bits per heavy atom. The molecule has 2 heterocycles. The monoisotopic (exact) mass is 368 g/mol. The normalized spacial score (nSPS) is 15.8. The van der Waals surface area contributed by atoms with Crippen LogP contribution in [0.2, 0.25) is 0 Å². The average molecular weight is 369 g/mol. The van der Waals surface area contributed by atoms with Gasteiger partial charge in [0.25, 0.3) is 0 Å². The Hall–Kier alpha value is -2.14. The van der Waals surface area contributed by atoms with Crippen LogP contribution in [0.1, 0.15) is 41.8 Å². The Bertz CT molecular complexity index is 742. The molecule has 1 N–H and O–H groups in total. The molecular formula is C22H32N4O. The maximum absolute atomic E-state index is 11.4. The van der Waals surface area contributed by atoms with E-state index >= 15 is 0 Å². The van der Waals surface area contributed by atoms with Crippen molar-refractivity contribution >= 4 is 5.91 Å². The van der Waals surface area contributed by atoms with Gasteiger partial charge in [0, 0.05) is 27.1 Å². The summed E-state index contributed by atoms with van der Waals surface area (Å²) in [5.74, 6) is 0.873. The molecule has 0 saturated carbocycles. The molecule has 5 nitrogen and oxygen atoms in total. The van der Waals surface area contributed by atoms with Crippen LogP contribution in [0.5, 0.6) is 0 Å². The summed E-state index contributed by atoms with van der Waals surface area (Å²) in [6.45, 7) is 5.39. The number of hydrogen-bond donors (Lipinski definition) is 1. The van der Waals surface area contributed by atoms with E-state index in [0.29, 0.717) is 6.42 Å². The Labute approximate surface area is 162 Å². The Morgan fingerprint density at radius 3 is 2.44 bits per heavy atom. The van der Waals surface area contributed by atoms with Gasteiger partial charge in [0.2, 0.25) is 5.91 Å². The van der Waals surface area contributed by atoms with Crippen LogP contribution in [-0.4, -0.2) is 40.7 Å². The number of aryl methyl sites for hydroxylation is 3. The second-order valence-corrected chi connectivity index (χ2v) is 7.81. The lowest BCUT2D eigenvalue weighted by atomic mass is 9.89. The maximum atomic E-state index is 11.4. The molecule has 3 rings (SSSR count). The SMILES string of the molecule is CNC(=O)CCc1ccc(CC2CCN(Cc3cc(C)nn3C)CC2)cc1. The van der Waals surface area contributed by atoms with Crippen LogP contribution in [0.15, 0.2) is 30.3 Å². The van der Waals surface area contributed by atoms with E-state index in [-0.39, 0.29) is 5.91 Å². The molecule has 0 bridgehead atoms. The van der Waals surface area contributed by atoms with Crippen LogP contribution in [0.25, 0.3) is 0 Å². The minimum Gasteiger partial charge on any atom is -0.359 e. The summed E-state index contributed by atoms with van der Waals surface area (Å²) in [7, 11) is 3.72. The minimum atomic E-state index is 0.104. The van der Waals surface area contributed by atoms with Gasteiger partial charge in [-0.3, -0.25) is 14.4 Å². The van der Waals surface area contributed by atoms with Gasteiger partial charge >= 0.3 is 0 Å². The van der Waals surface area contributed by atoms with Gasteiger partial charge in [0.05, 0.1) is 11.4 Å². The van der Waals surface area contributed by atoms with Gasteiger partial charge in [-0.2, -0.15) is 5.10 Å². The van der Waals surface area contributed by atoms with E-state index in [2.05, 4.69) is 52.6 Å². The number of carbonyl (C=O) groups is 1. The first-order chi connectivity index (χ1) is 13.0. The number of benzene rings is 1. The maximum Gasteiger partial charge on any atom is 0.220 e. The third-order valence-corrected chi connectivity index (χ3v) is 5.66. The van der Waals surface area contributed by atoms with Crippen LogP contribution >= 0.6 is 0 Å². The second kappa shape index (κ2) is 9.18. The van der Waals surface area contributed by atoms with Gasteiger partial charge in [-0.05, 0) is 68.8 Å². The van der Waals surface area contributed by atoms with E-state index in [0.717, 1.165) is 31.0 Å². The summed E-state index contributed by atoms with van der Waals surface area (Å²) in [6, 6.07) is 11.0. The lowest BCUT2D eigenvalue weighted by Gasteiger charge is -2.32. The number of rotatable bonds is 7. The zero-order valence-corrected chi connectivity index (χ0v) is 16.9. The first-order valence-corrected chi connectivity index (χ1v) is 10.0. The third kappa shape index (κ3) is 5.67. The van der Waals surface area contributed by atoms with Crippen molar-refractivity contribution in [3.8, 4) is 0 Å². The van der Waals surface area contributed by atoms with E-state index in [1.54, 1.807) is 7.05 Å². The quantitative estimate of drug-likeness (QED) is 0.818. The van der Waals surface area contributed by atoms with Crippen molar-refractivity contribution in [1.82, 2.24) is 20.0 Å². The highest BCUT2D eigenvalue weighted by molar-refractivity contribution is 5.75. The summed E-state index contributed by atoms with van der Waals surface area (Å²) in [5, 5.41) is 7.13. The highest BCUT2D eigenvalue weighted by Gasteiger charge is 2.20. The fourth-order valence-corrected chi connectivity index (χ4v) is 3.95. The van der Waals surface area contributed by atoms with Crippen LogP contribution in [-0.2, 0) is 31.2 Å². The molecular weight excluding hydrogens is 336 g/mol. The molecule has 2 aromatic rings. The van der Waals surface area contributed by atoms with Crippen LogP contribution < -0.4 is 5.32 Å². The van der Waals surface area contributed by atoms with Crippen LogP contribution in [0.3, 0.4) is 0 Å². The van der Waals surface area contributed by atoms with E-state index in [4.69, 9.17) is 0 Å². The summed E-state index contributed by atoms with van der Waals surface area (Å²) in [4.78, 5) is 13.9. The molecule has 5 heteroatoms. The van der Waals surface area contributed by atoms with Gasteiger partial charge in [-0.1, -0.05) is 24.3 Å². The largest absolute Gasteiger partial charge is 0.359 e. The smallest absolute Gasteiger partial charge is 0.220 e. The van der Waals surface area contributed by atoms with Gasteiger partial charge in [-0.15, -0.1) is 0 Å². The van der Waals surface area contributed by atoms with Crippen LogP contribution in [0.4, 0.5) is 0 Å². The van der Waals surface area contributed by atoms with Crippen molar-refractivity contribution in [3.63, 3.8) is 0 Å². The molecule has 0 aliphatic carbocycles. The molecule has 146 valence electrons. The van der Waals surface area contributed by atoms with E-state index < -0.39 is 0 Å². The van der Waals surface area contributed by atoms with Crippen molar-refractivity contribution in [2.45, 2.75) is 45.6 Å². The minimum absolute atomic E-state index is 0.104. The molecule has 1 aliphatic heterocycles. The van der Waals surface area contributed by atoms with E-state index in [1.165, 1.54) is 42.8 Å². The van der Waals surface area contributed by atoms with E-state index in [9.17, 15) is 4.79 Å². The van der Waals surface area contributed by atoms with Gasteiger partial charge in [0.15, 0.2) is 0 Å². The number of amides is 1. The molecule has 1 aliphatic rings. The number of likely N-dealkylation sites (tertiary alicyclic amines) is 1. The zero-order chi connectivity index (χ0) is 19.2. The predicted octanol–water partition coefficient (Wildman–Crippen LogP) is 2.86. The number of nitrogens with zero attached hydrogens (tertiary/aromatic N) is 3. The lowest BCUT2D eigenvalue weighted by Crippen LogP contribution is -2.34. The van der Waals surface area contributed by atoms with E-state index in [1.807, 2.05) is 11.7 Å².